The maximum atomic E-state index is 12.8. The Morgan fingerprint density at radius 2 is 1.76 bits per heavy atom. The zero-order valence-electron chi connectivity index (χ0n) is 16.6. The van der Waals surface area contributed by atoms with E-state index in [-0.39, 0.29) is 12.2 Å². The monoisotopic (exact) mass is 405 g/mol. The van der Waals surface area contributed by atoms with Gasteiger partial charge in [-0.1, -0.05) is 24.3 Å². The lowest BCUT2D eigenvalue weighted by atomic mass is 10.1. The van der Waals surface area contributed by atoms with Gasteiger partial charge in [0.25, 0.3) is 0 Å². The molecule has 6 nitrogen and oxygen atoms in total. The van der Waals surface area contributed by atoms with Crippen molar-refractivity contribution in [2.75, 3.05) is 5.32 Å². The fraction of sp³-hybridized carbons (Fsp3) is 0.350. The number of hydrogen-bond acceptors (Lipinski definition) is 3. The van der Waals surface area contributed by atoms with Gasteiger partial charge in [0.05, 0.1) is 23.6 Å². The predicted octanol–water partition coefficient (Wildman–Crippen LogP) is 4.02. The fourth-order valence-electron chi connectivity index (χ4n) is 3.10. The molecule has 2 heterocycles. The van der Waals surface area contributed by atoms with E-state index < -0.39 is 17.8 Å². The van der Waals surface area contributed by atoms with Gasteiger partial charge in [0.1, 0.15) is 6.54 Å². The summed E-state index contributed by atoms with van der Waals surface area (Å²) in [5.41, 5.74) is 3.47. The van der Waals surface area contributed by atoms with Crippen molar-refractivity contribution in [2.45, 2.75) is 47.0 Å². The predicted molar refractivity (Wildman–Crippen MR) is 103 cm³/mol. The van der Waals surface area contributed by atoms with Crippen molar-refractivity contribution in [2.24, 2.45) is 0 Å². The van der Waals surface area contributed by atoms with Gasteiger partial charge < -0.3 is 5.32 Å². The minimum atomic E-state index is -4.55. The number of benzene rings is 1. The second kappa shape index (κ2) is 7.73. The van der Waals surface area contributed by atoms with Crippen LogP contribution in [0.2, 0.25) is 0 Å². The van der Waals surface area contributed by atoms with Crippen LogP contribution < -0.4 is 5.32 Å². The molecular formula is C20H22F3N5O. The molecule has 29 heavy (non-hydrogen) atoms. The van der Waals surface area contributed by atoms with E-state index in [9.17, 15) is 18.0 Å². The summed E-state index contributed by atoms with van der Waals surface area (Å²) in [6.07, 6.45) is -4.55. The Balaban J connectivity index is 1.75. The van der Waals surface area contributed by atoms with E-state index in [1.54, 1.807) is 11.6 Å². The standard InChI is InChI=1S/C20H22F3N5O/c1-12-7-5-6-8-16(12)10-28-15(4)19(14(3)25-28)24-18(29)11-27-13(2)9-17(26-27)20(21,22)23/h5-9H,10-11H2,1-4H3,(H,24,29). The van der Waals surface area contributed by atoms with E-state index in [0.717, 1.165) is 27.6 Å². The third-order valence-electron chi connectivity index (χ3n) is 4.79. The molecule has 0 atom stereocenters. The number of rotatable bonds is 5. The van der Waals surface area contributed by atoms with Crippen molar-refractivity contribution >= 4 is 11.6 Å². The molecule has 0 bridgehead atoms. The minimum Gasteiger partial charge on any atom is -0.321 e. The SMILES string of the molecule is Cc1ccccc1Cn1nc(C)c(NC(=O)Cn2nc(C(F)(F)F)cc2C)c1C. The highest BCUT2D eigenvalue weighted by Gasteiger charge is 2.34. The number of alkyl halides is 3. The highest BCUT2D eigenvalue weighted by Crippen LogP contribution is 2.28. The van der Waals surface area contributed by atoms with Crippen LogP contribution in [0.3, 0.4) is 0 Å². The number of amides is 1. The van der Waals surface area contributed by atoms with E-state index in [1.165, 1.54) is 6.92 Å². The molecular weight excluding hydrogens is 383 g/mol. The lowest BCUT2D eigenvalue weighted by Gasteiger charge is -2.09. The Hall–Kier alpha value is -3.10. The molecule has 3 rings (SSSR count). The molecule has 0 saturated heterocycles. The molecule has 0 radical (unpaired) electrons. The average Bonchev–Trinajstić information content (AvgIpc) is 3.12. The highest BCUT2D eigenvalue weighted by atomic mass is 19.4. The van der Waals surface area contributed by atoms with Crippen LogP contribution in [0.15, 0.2) is 30.3 Å². The third kappa shape index (κ3) is 4.49. The summed E-state index contributed by atoms with van der Waals surface area (Å²) >= 11 is 0. The van der Waals surface area contributed by atoms with Crippen LogP contribution >= 0.6 is 0 Å². The van der Waals surface area contributed by atoms with Crippen LogP contribution in [0.4, 0.5) is 18.9 Å². The number of carbonyl (C=O) groups excluding carboxylic acids is 1. The number of aryl methyl sites for hydroxylation is 3. The number of carbonyl (C=O) groups is 1. The fourth-order valence-corrected chi connectivity index (χ4v) is 3.10. The van der Waals surface area contributed by atoms with Gasteiger partial charge in [0, 0.05) is 5.69 Å². The summed E-state index contributed by atoms with van der Waals surface area (Å²) in [6, 6.07) is 8.88. The van der Waals surface area contributed by atoms with E-state index in [2.05, 4.69) is 15.5 Å². The first-order chi connectivity index (χ1) is 13.6. The molecule has 0 spiro atoms. The van der Waals surface area contributed by atoms with Crippen molar-refractivity contribution in [1.29, 1.82) is 0 Å². The summed E-state index contributed by atoms with van der Waals surface area (Å²) < 4.78 is 41.2. The van der Waals surface area contributed by atoms with Gasteiger partial charge in [-0.05, 0) is 44.9 Å². The molecule has 1 aromatic carbocycles. The lowest BCUT2D eigenvalue weighted by molar-refractivity contribution is -0.141. The first-order valence-corrected chi connectivity index (χ1v) is 9.06. The van der Waals surface area contributed by atoms with E-state index in [0.29, 0.717) is 17.9 Å². The number of nitrogens with zero attached hydrogens (tertiary/aromatic N) is 4. The molecule has 0 aliphatic rings. The van der Waals surface area contributed by atoms with Gasteiger partial charge in [0.2, 0.25) is 5.91 Å². The smallest absolute Gasteiger partial charge is 0.321 e. The topological polar surface area (TPSA) is 64.7 Å². The van der Waals surface area contributed by atoms with Crippen molar-refractivity contribution in [3.63, 3.8) is 0 Å². The average molecular weight is 405 g/mol. The Morgan fingerprint density at radius 3 is 2.38 bits per heavy atom. The van der Waals surface area contributed by atoms with Gasteiger partial charge in [-0.3, -0.25) is 14.2 Å². The molecule has 0 aliphatic heterocycles. The van der Waals surface area contributed by atoms with Crippen molar-refractivity contribution in [1.82, 2.24) is 19.6 Å². The zero-order chi connectivity index (χ0) is 21.3. The van der Waals surface area contributed by atoms with Gasteiger partial charge in [-0.2, -0.15) is 23.4 Å². The number of aromatic nitrogens is 4. The first kappa shape index (κ1) is 20.6. The highest BCUT2D eigenvalue weighted by molar-refractivity contribution is 5.91. The van der Waals surface area contributed by atoms with Crippen LogP contribution in [0.5, 0.6) is 0 Å². The maximum absolute atomic E-state index is 12.8. The summed E-state index contributed by atoms with van der Waals surface area (Å²) in [5.74, 6) is -0.466. The van der Waals surface area contributed by atoms with E-state index in [4.69, 9.17) is 0 Å². The molecule has 1 amide bonds. The molecule has 154 valence electrons. The Bertz CT molecular complexity index is 1050. The van der Waals surface area contributed by atoms with Crippen LogP contribution in [-0.4, -0.2) is 25.5 Å². The molecule has 9 heteroatoms. The van der Waals surface area contributed by atoms with Gasteiger partial charge in [-0.25, -0.2) is 0 Å². The Morgan fingerprint density at radius 1 is 1.07 bits per heavy atom. The second-order valence-corrected chi connectivity index (χ2v) is 7.00. The van der Waals surface area contributed by atoms with Gasteiger partial charge in [-0.15, -0.1) is 0 Å². The van der Waals surface area contributed by atoms with Crippen LogP contribution in [0.1, 0.15) is 33.9 Å². The maximum Gasteiger partial charge on any atom is 0.435 e. The molecule has 1 N–H and O–H groups in total. The Kier molecular flexibility index (Phi) is 5.50. The normalized spacial score (nSPS) is 11.7. The molecule has 0 aliphatic carbocycles. The van der Waals surface area contributed by atoms with Gasteiger partial charge >= 0.3 is 6.18 Å². The van der Waals surface area contributed by atoms with Gasteiger partial charge in [0.15, 0.2) is 5.69 Å². The van der Waals surface area contributed by atoms with E-state index >= 15 is 0 Å². The Labute approximate surface area is 166 Å². The largest absolute Gasteiger partial charge is 0.435 e. The number of anilines is 1. The molecule has 0 fully saturated rings. The first-order valence-electron chi connectivity index (χ1n) is 9.06. The van der Waals surface area contributed by atoms with Crippen molar-refractivity contribution < 1.29 is 18.0 Å². The van der Waals surface area contributed by atoms with E-state index in [1.807, 2.05) is 38.1 Å². The quantitative estimate of drug-likeness (QED) is 0.697. The molecule has 0 unspecified atom stereocenters. The van der Waals surface area contributed by atoms with Crippen LogP contribution in [-0.2, 0) is 24.1 Å². The molecule has 0 saturated carbocycles. The third-order valence-corrected chi connectivity index (χ3v) is 4.79. The van der Waals surface area contributed by atoms with Crippen LogP contribution in [0, 0.1) is 27.7 Å². The van der Waals surface area contributed by atoms with Crippen molar-refractivity contribution in [3.05, 3.63) is 64.2 Å². The number of nitrogens with one attached hydrogen (secondary N) is 1. The zero-order valence-corrected chi connectivity index (χ0v) is 16.6. The summed E-state index contributed by atoms with van der Waals surface area (Å²) in [7, 11) is 0. The molecule has 3 aromatic rings. The summed E-state index contributed by atoms with van der Waals surface area (Å²) in [6.45, 7) is 7.36. The molecule has 2 aromatic heterocycles. The minimum absolute atomic E-state index is 0.260. The van der Waals surface area contributed by atoms with Crippen molar-refractivity contribution in [3.8, 4) is 0 Å². The summed E-state index contributed by atoms with van der Waals surface area (Å²) in [4.78, 5) is 12.4. The number of halogens is 3. The lowest BCUT2D eigenvalue weighted by Crippen LogP contribution is -2.21. The number of hydrogen-bond donors (Lipinski definition) is 1. The van der Waals surface area contributed by atoms with Crippen LogP contribution in [0.25, 0.3) is 0 Å². The summed E-state index contributed by atoms with van der Waals surface area (Å²) in [5, 5.41) is 10.7. The second-order valence-electron chi connectivity index (χ2n) is 7.00.